The second kappa shape index (κ2) is 5.86. The molecular formula is C11H13BrClN3O2. The quantitative estimate of drug-likeness (QED) is 0.889. The highest BCUT2D eigenvalue weighted by Gasteiger charge is 2.30. The highest BCUT2D eigenvalue weighted by atomic mass is 79.9. The molecule has 1 fully saturated rings. The molecule has 2 rings (SSSR count). The minimum absolute atomic E-state index is 0.0849. The van der Waals surface area contributed by atoms with E-state index in [0.29, 0.717) is 30.6 Å². The fourth-order valence-corrected chi connectivity index (χ4v) is 2.73. The third-order valence-corrected chi connectivity index (χ3v) is 3.53. The first-order chi connectivity index (χ1) is 8.63. The molecule has 1 saturated heterocycles. The van der Waals surface area contributed by atoms with Crippen LogP contribution in [0.25, 0.3) is 0 Å². The third kappa shape index (κ3) is 2.76. The Morgan fingerprint density at radius 1 is 1.72 bits per heavy atom. The summed E-state index contributed by atoms with van der Waals surface area (Å²) in [6, 6.07) is 1.40. The molecule has 1 aliphatic rings. The van der Waals surface area contributed by atoms with Crippen LogP contribution in [0.3, 0.4) is 0 Å². The summed E-state index contributed by atoms with van der Waals surface area (Å²) in [4.78, 5) is 18.0. The van der Waals surface area contributed by atoms with E-state index in [0.717, 1.165) is 4.47 Å². The number of likely N-dealkylation sites (N-methyl/N-ethyl adjacent to an activating group) is 1. The zero-order valence-corrected chi connectivity index (χ0v) is 12.2. The molecule has 1 unspecified atom stereocenters. The van der Waals surface area contributed by atoms with Gasteiger partial charge in [-0.1, -0.05) is 11.6 Å². The van der Waals surface area contributed by atoms with Crippen LogP contribution >= 0.6 is 27.5 Å². The molecular weight excluding hydrogens is 321 g/mol. The molecule has 1 N–H and O–H groups in total. The number of halogens is 2. The lowest BCUT2D eigenvalue weighted by Gasteiger charge is -2.35. The van der Waals surface area contributed by atoms with E-state index in [9.17, 15) is 4.79 Å². The van der Waals surface area contributed by atoms with E-state index >= 15 is 0 Å². The van der Waals surface area contributed by atoms with Crippen molar-refractivity contribution in [1.82, 2.24) is 10.3 Å². The minimum Gasteiger partial charge on any atom is -0.377 e. The first-order valence-corrected chi connectivity index (χ1v) is 6.67. The molecule has 0 saturated carbocycles. The second-order valence-corrected chi connectivity index (χ2v) is 5.15. The average molecular weight is 335 g/mol. The smallest absolute Gasteiger partial charge is 0.244 e. The van der Waals surface area contributed by atoms with Gasteiger partial charge in [0.25, 0.3) is 0 Å². The maximum atomic E-state index is 11.8. The number of rotatable bonds is 2. The van der Waals surface area contributed by atoms with Crippen molar-refractivity contribution in [2.75, 3.05) is 31.7 Å². The van der Waals surface area contributed by atoms with E-state index in [2.05, 4.69) is 26.2 Å². The van der Waals surface area contributed by atoms with Crippen molar-refractivity contribution in [3.05, 3.63) is 21.8 Å². The van der Waals surface area contributed by atoms with E-state index in [-0.39, 0.29) is 11.9 Å². The van der Waals surface area contributed by atoms with Crippen molar-refractivity contribution in [2.45, 2.75) is 6.04 Å². The molecule has 98 valence electrons. The van der Waals surface area contributed by atoms with Gasteiger partial charge in [-0.15, -0.1) is 0 Å². The molecule has 7 heteroatoms. The van der Waals surface area contributed by atoms with E-state index in [1.807, 2.05) is 4.90 Å². The van der Waals surface area contributed by atoms with Crippen molar-refractivity contribution >= 4 is 39.3 Å². The first-order valence-electron chi connectivity index (χ1n) is 5.50. The molecule has 1 aliphatic heterocycles. The number of carbonyl (C=O) groups excluding carboxylic acids is 1. The lowest BCUT2D eigenvalue weighted by Crippen LogP contribution is -2.53. The van der Waals surface area contributed by atoms with Gasteiger partial charge < -0.3 is 15.0 Å². The van der Waals surface area contributed by atoms with Gasteiger partial charge in [0.1, 0.15) is 11.9 Å². The Labute approximate surface area is 119 Å². The van der Waals surface area contributed by atoms with E-state index in [1.54, 1.807) is 19.3 Å². The lowest BCUT2D eigenvalue weighted by atomic mass is 10.2. The Morgan fingerprint density at radius 2 is 2.50 bits per heavy atom. The Bertz CT molecular complexity index is 458. The molecule has 1 amide bonds. The summed E-state index contributed by atoms with van der Waals surface area (Å²) >= 11 is 9.29. The summed E-state index contributed by atoms with van der Waals surface area (Å²) in [7, 11) is 1.61. The van der Waals surface area contributed by atoms with E-state index < -0.39 is 0 Å². The van der Waals surface area contributed by atoms with Crippen LogP contribution in [0, 0.1) is 0 Å². The standard InChI is InChI=1S/C11H13BrClN3O2/c1-14-11(17)9-6-18-3-2-16(9)10-8(12)4-7(13)5-15-10/h4-5,9H,2-3,6H2,1H3,(H,14,17). The topological polar surface area (TPSA) is 54.5 Å². The number of amides is 1. The van der Waals surface area contributed by atoms with Gasteiger partial charge in [-0.25, -0.2) is 4.98 Å². The summed E-state index contributed by atoms with van der Waals surface area (Å²) in [5.41, 5.74) is 0. The summed E-state index contributed by atoms with van der Waals surface area (Å²) in [5, 5.41) is 3.19. The molecule has 1 aromatic rings. The van der Waals surface area contributed by atoms with Gasteiger partial charge in [0.05, 0.1) is 22.7 Å². The Balaban J connectivity index is 2.30. The number of morpholine rings is 1. The monoisotopic (exact) mass is 333 g/mol. The zero-order chi connectivity index (χ0) is 13.1. The fourth-order valence-electron chi connectivity index (χ4n) is 1.86. The number of nitrogens with zero attached hydrogens (tertiary/aromatic N) is 2. The molecule has 0 aromatic carbocycles. The van der Waals surface area contributed by atoms with Crippen LogP contribution in [-0.4, -0.2) is 43.7 Å². The maximum absolute atomic E-state index is 11.8. The molecule has 5 nitrogen and oxygen atoms in total. The van der Waals surface area contributed by atoms with Gasteiger partial charge in [-0.05, 0) is 22.0 Å². The van der Waals surface area contributed by atoms with Gasteiger partial charge >= 0.3 is 0 Å². The summed E-state index contributed by atoms with van der Waals surface area (Å²) in [5.74, 6) is 0.620. The number of ether oxygens (including phenoxy) is 1. The predicted molar refractivity (Wildman–Crippen MR) is 73.0 cm³/mol. The number of aromatic nitrogens is 1. The van der Waals surface area contributed by atoms with Crippen LogP contribution < -0.4 is 10.2 Å². The number of anilines is 1. The normalized spacial score (nSPS) is 19.7. The fraction of sp³-hybridized carbons (Fsp3) is 0.455. The van der Waals surface area contributed by atoms with Crippen molar-refractivity contribution < 1.29 is 9.53 Å². The number of nitrogens with one attached hydrogen (secondary N) is 1. The highest BCUT2D eigenvalue weighted by Crippen LogP contribution is 2.28. The van der Waals surface area contributed by atoms with Gasteiger partial charge in [0.2, 0.25) is 5.91 Å². The van der Waals surface area contributed by atoms with Crippen molar-refractivity contribution in [2.24, 2.45) is 0 Å². The summed E-state index contributed by atoms with van der Waals surface area (Å²) < 4.78 is 6.12. The number of carbonyl (C=O) groups is 1. The van der Waals surface area contributed by atoms with Gasteiger partial charge in [-0.2, -0.15) is 0 Å². The van der Waals surface area contributed by atoms with Crippen LogP contribution in [-0.2, 0) is 9.53 Å². The Hall–Kier alpha value is -0.850. The van der Waals surface area contributed by atoms with E-state index in [4.69, 9.17) is 16.3 Å². The number of pyridine rings is 1. The summed E-state index contributed by atoms with van der Waals surface area (Å²) in [6.07, 6.45) is 1.57. The molecule has 0 spiro atoms. The maximum Gasteiger partial charge on any atom is 0.244 e. The zero-order valence-electron chi connectivity index (χ0n) is 9.82. The Kier molecular flexibility index (Phi) is 4.42. The number of hydrogen-bond acceptors (Lipinski definition) is 4. The average Bonchev–Trinajstić information content (AvgIpc) is 2.38. The van der Waals surface area contributed by atoms with Crippen LogP contribution in [0.2, 0.25) is 5.02 Å². The van der Waals surface area contributed by atoms with Crippen molar-refractivity contribution in [1.29, 1.82) is 0 Å². The predicted octanol–water partition coefficient (Wildman–Crippen LogP) is 1.45. The summed E-state index contributed by atoms with van der Waals surface area (Å²) in [6.45, 7) is 1.55. The van der Waals surface area contributed by atoms with Gasteiger partial charge in [0.15, 0.2) is 0 Å². The molecule has 1 atom stereocenters. The van der Waals surface area contributed by atoms with Crippen LogP contribution in [0.15, 0.2) is 16.7 Å². The number of hydrogen-bond donors (Lipinski definition) is 1. The highest BCUT2D eigenvalue weighted by molar-refractivity contribution is 9.10. The molecule has 18 heavy (non-hydrogen) atoms. The SMILES string of the molecule is CNC(=O)C1COCCN1c1ncc(Cl)cc1Br. The van der Waals surface area contributed by atoms with Gasteiger partial charge in [0, 0.05) is 19.8 Å². The molecule has 0 radical (unpaired) electrons. The molecule has 2 heterocycles. The minimum atomic E-state index is -0.367. The van der Waals surface area contributed by atoms with Crippen LogP contribution in [0.5, 0.6) is 0 Å². The third-order valence-electron chi connectivity index (χ3n) is 2.74. The Morgan fingerprint density at radius 3 is 3.17 bits per heavy atom. The molecule has 1 aromatic heterocycles. The van der Waals surface area contributed by atoms with Crippen molar-refractivity contribution in [3.63, 3.8) is 0 Å². The van der Waals surface area contributed by atoms with Crippen molar-refractivity contribution in [3.8, 4) is 0 Å². The molecule has 0 bridgehead atoms. The largest absolute Gasteiger partial charge is 0.377 e. The van der Waals surface area contributed by atoms with Gasteiger partial charge in [-0.3, -0.25) is 4.79 Å². The molecule has 0 aliphatic carbocycles. The second-order valence-electron chi connectivity index (χ2n) is 3.86. The van der Waals surface area contributed by atoms with Crippen LogP contribution in [0.1, 0.15) is 0 Å². The lowest BCUT2D eigenvalue weighted by molar-refractivity contribution is -0.124. The van der Waals surface area contributed by atoms with Crippen LogP contribution in [0.4, 0.5) is 5.82 Å². The first kappa shape index (κ1) is 13.6. The van der Waals surface area contributed by atoms with E-state index in [1.165, 1.54) is 0 Å².